The summed E-state index contributed by atoms with van der Waals surface area (Å²) < 4.78 is 46.7. The van der Waals surface area contributed by atoms with Crippen LogP contribution in [0.5, 0.6) is 0 Å². The lowest BCUT2D eigenvalue weighted by Crippen LogP contribution is -2.45. The zero-order chi connectivity index (χ0) is 22.8. The maximum Gasteiger partial charge on any atom is 0.255 e. The van der Waals surface area contributed by atoms with Crippen LogP contribution in [0.4, 0.5) is 21.5 Å². The van der Waals surface area contributed by atoms with Crippen LogP contribution >= 0.6 is 0 Å². The summed E-state index contributed by atoms with van der Waals surface area (Å²) in [6.45, 7) is 8.26. The Balaban J connectivity index is 1.67. The third kappa shape index (κ3) is 5.74. The number of amides is 1. The van der Waals surface area contributed by atoms with Gasteiger partial charge < -0.3 is 15.0 Å². The molecular weight excluding hydrogens is 421 g/mol. The van der Waals surface area contributed by atoms with Crippen LogP contribution in [-0.4, -0.2) is 44.9 Å². The Morgan fingerprint density at radius 2 is 1.65 bits per heavy atom. The minimum atomic E-state index is -3.46. The first-order chi connectivity index (χ1) is 14.5. The number of hydrogen-bond donors (Lipinski definition) is 2. The fraction of sp³-hybridized carbons (Fsp3) is 0.409. The summed E-state index contributed by atoms with van der Waals surface area (Å²) in [5, 5.41) is 2.10. The fourth-order valence-corrected chi connectivity index (χ4v) is 4.09. The number of nitrogens with one attached hydrogen (secondary N) is 2. The van der Waals surface area contributed by atoms with Gasteiger partial charge in [0, 0.05) is 30.0 Å². The topological polar surface area (TPSA) is 87.7 Å². The monoisotopic (exact) mass is 449 g/mol. The largest absolute Gasteiger partial charge is 0.372 e. The van der Waals surface area contributed by atoms with Gasteiger partial charge in [-0.3, -0.25) is 9.52 Å². The van der Waals surface area contributed by atoms with E-state index in [-0.39, 0.29) is 12.2 Å². The van der Waals surface area contributed by atoms with Crippen molar-refractivity contribution in [2.75, 3.05) is 28.0 Å². The number of morpholine rings is 1. The van der Waals surface area contributed by atoms with E-state index in [1.807, 2.05) is 18.7 Å². The molecule has 2 aromatic carbocycles. The average molecular weight is 450 g/mol. The van der Waals surface area contributed by atoms with Crippen molar-refractivity contribution >= 4 is 33.0 Å². The highest BCUT2D eigenvalue weighted by molar-refractivity contribution is 7.93. The quantitative estimate of drug-likeness (QED) is 0.700. The van der Waals surface area contributed by atoms with Crippen molar-refractivity contribution in [3.63, 3.8) is 0 Å². The third-order valence-electron chi connectivity index (χ3n) is 4.99. The average Bonchev–Trinajstić information content (AvgIpc) is 2.67. The first-order valence-corrected chi connectivity index (χ1v) is 11.7. The van der Waals surface area contributed by atoms with Crippen molar-refractivity contribution in [1.82, 2.24) is 0 Å². The van der Waals surface area contributed by atoms with E-state index < -0.39 is 27.0 Å². The van der Waals surface area contributed by atoms with Crippen molar-refractivity contribution in [1.29, 1.82) is 0 Å². The number of rotatable bonds is 6. The SMILES string of the molecule is CC(C)S(=O)(=O)Nc1ccc(C(=O)Nc2ccc(N3C[C@@H](C)O[C@@H](C)C3)c(F)c2)cc1. The van der Waals surface area contributed by atoms with E-state index in [1.165, 1.54) is 30.3 Å². The molecule has 1 aliphatic heterocycles. The van der Waals surface area contributed by atoms with Gasteiger partial charge in [-0.15, -0.1) is 0 Å². The summed E-state index contributed by atoms with van der Waals surface area (Å²) >= 11 is 0. The summed E-state index contributed by atoms with van der Waals surface area (Å²) in [7, 11) is -3.46. The van der Waals surface area contributed by atoms with Gasteiger partial charge in [0.25, 0.3) is 5.91 Å². The summed E-state index contributed by atoms with van der Waals surface area (Å²) in [5.74, 6) is -0.837. The van der Waals surface area contributed by atoms with Crippen molar-refractivity contribution in [3.8, 4) is 0 Å². The number of hydrogen-bond acceptors (Lipinski definition) is 5. The molecule has 0 saturated carbocycles. The molecule has 168 valence electrons. The molecule has 1 aliphatic rings. The number of anilines is 3. The molecule has 1 amide bonds. The van der Waals surface area contributed by atoms with Gasteiger partial charge in [0.2, 0.25) is 10.0 Å². The van der Waals surface area contributed by atoms with Crippen LogP contribution in [0, 0.1) is 5.82 Å². The third-order valence-corrected chi connectivity index (χ3v) is 6.76. The molecule has 31 heavy (non-hydrogen) atoms. The molecule has 9 heteroatoms. The lowest BCUT2D eigenvalue weighted by Gasteiger charge is -2.37. The molecule has 7 nitrogen and oxygen atoms in total. The second kappa shape index (κ2) is 9.23. The van der Waals surface area contributed by atoms with Gasteiger partial charge in [0.15, 0.2) is 0 Å². The zero-order valence-corrected chi connectivity index (χ0v) is 18.9. The van der Waals surface area contributed by atoms with Crippen LogP contribution in [0.3, 0.4) is 0 Å². The molecule has 0 aromatic heterocycles. The van der Waals surface area contributed by atoms with Gasteiger partial charge in [0.05, 0.1) is 23.1 Å². The minimum Gasteiger partial charge on any atom is -0.372 e. The standard InChI is InChI=1S/C22H28FN3O4S/c1-14(2)31(28,29)25-18-7-5-17(6-8-18)22(27)24-19-9-10-21(20(23)11-19)26-12-15(3)30-16(4)13-26/h5-11,14-16,25H,12-13H2,1-4H3,(H,24,27)/t15-,16+. The van der Waals surface area contributed by atoms with Gasteiger partial charge >= 0.3 is 0 Å². The molecule has 0 bridgehead atoms. The summed E-state index contributed by atoms with van der Waals surface area (Å²) in [6.07, 6.45) is 0.0195. The van der Waals surface area contributed by atoms with E-state index in [0.717, 1.165) is 0 Å². The summed E-state index contributed by atoms with van der Waals surface area (Å²) in [6, 6.07) is 10.6. The van der Waals surface area contributed by atoms with Gasteiger partial charge in [-0.05, 0) is 70.2 Å². The van der Waals surface area contributed by atoms with Crippen LogP contribution in [0.15, 0.2) is 42.5 Å². The van der Waals surface area contributed by atoms with Gasteiger partial charge in [-0.2, -0.15) is 0 Å². The molecule has 0 unspecified atom stereocenters. The molecule has 1 saturated heterocycles. The summed E-state index contributed by atoms with van der Waals surface area (Å²) in [4.78, 5) is 14.4. The Labute approximate surface area is 182 Å². The highest BCUT2D eigenvalue weighted by Crippen LogP contribution is 2.26. The Kier molecular flexibility index (Phi) is 6.86. The number of carbonyl (C=O) groups is 1. The summed E-state index contributed by atoms with van der Waals surface area (Å²) in [5.41, 5.74) is 1.51. The second-order valence-corrected chi connectivity index (χ2v) is 10.3. The first kappa shape index (κ1) is 23.0. The van der Waals surface area contributed by atoms with E-state index in [9.17, 15) is 17.6 Å². The van der Waals surface area contributed by atoms with Gasteiger partial charge in [0.1, 0.15) is 5.82 Å². The molecule has 1 fully saturated rings. The van der Waals surface area contributed by atoms with Crippen LogP contribution in [-0.2, 0) is 14.8 Å². The maximum absolute atomic E-state index is 14.7. The molecule has 0 aliphatic carbocycles. The molecule has 2 aromatic rings. The van der Waals surface area contributed by atoms with Crippen LogP contribution in [0.1, 0.15) is 38.1 Å². The smallest absolute Gasteiger partial charge is 0.255 e. The van der Waals surface area contributed by atoms with Crippen molar-refractivity contribution in [2.24, 2.45) is 0 Å². The lowest BCUT2D eigenvalue weighted by molar-refractivity contribution is -0.00539. The maximum atomic E-state index is 14.7. The number of sulfonamides is 1. The Hall–Kier alpha value is -2.65. The van der Waals surface area contributed by atoms with Crippen molar-refractivity contribution in [3.05, 3.63) is 53.8 Å². The molecule has 2 N–H and O–H groups in total. The van der Waals surface area contributed by atoms with E-state index in [1.54, 1.807) is 26.0 Å². The van der Waals surface area contributed by atoms with E-state index in [4.69, 9.17) is 4.74 Å². The zero-order valence-electron chi connectivity index (χ0n) is 18.1. The van der Waals surface area contributed by atoms with Gasteiger partial charge in [-0.1, -0.05) is 0 Å². The Morgan fingerprint density at radius 1 is 1.06 bits per heavy atom. The van der Waals surface area contributed by atoms with Crippen LogP contribution in [0.2, 0.25) is 0 Å². The highest BCUT2D eigenvalue weighted by atomic mass is 32.2. The van der Waals surface area contributed by atoms with Crippen LogP contribution in [0.25, 0.3) is 0 Å². The molecule has 1 heterocycles. The lowest BCUT2D eigenvalue weighted by atomic mass is 10.1. The number of halogens is 1. The van der Waals surface area contributed by atoms with E-state index >= 15 is 0 Å². The van der Waals surface area contributed by atoms with Crippen molar-refractivity contribution in [2.45, 2.75) is 45.2 Å². The molecular formula is C22H28FN3O4S. The second-order valence-electron chi connectivity index (χ2n) is 8.06. The predicted molar refractivity (Wildman–Crippen MR) is 121 cm³/mol. The predicted octanol–water partition coefficient (Wildman–Crippen LogP) is 3.84. The molecule has 2 atom stereocenters. The Morgan fingerprint density at radius 3 is 2.19 bits per heavy atom. The van der Waals surface area contributed by atoms with E-state index in [0.29, 0.717) is 35.7 Å². The van der Waals surface area contributed by atoms with Gasteiger partial charge in [-0.25, -0.2) is 12.8 Å². The van der Waals surface area contributed by atoms with E-state index in [2.05, 4.69) is 10.0 Å². The van der Waals surface area contributed by atoms with Crippen LogP contribution < -0.4 is 14.9 Å². The molecule has 0 spiro atoms. The normalized spacial score (nSPS) is 19.4. The highest BCUT2D eigenvalue weighted by Gasteiger charge is 2.24. The molecule has 3 rings (SSSR count). The Bertz CT molecular complexity index is 1030. The number of benzene rings is 2. The molecule has 0 radical (unpaired) electrons. The number of ether oxygens (including phenoxy) is 1. The fourth-order valence-electron chi connectivity index (χ4n) is 3.39. The minimum absolute atomic E-state index is 0.00974. The number of nitrogens with zero attached hydrogens (tertiary/aromatic N) is 1. The number of carbonyl (C=O) groups excluding carboxylic acids is 1. The van der Waals surface area contributed by atoms with Crippen molar-refractivity contribution < 1.29 is 22.3 Å². The first-order valence-electron chi connectivity index (χ1n) is 10.2.